The van der Waals surface area contributed by atoms with Gasteiger partial charge in [-0.25, -0.2) is 0 Å². The number of Topliss-reactive ketones (excluding diaryl/α,β-unsaturated/α-hetero) is 1. The average molecular weight is 596 g/mol. The van der Waals surface area contributed by atoms with Gasteiger partial charge in [-0.15, -0.1) is 11.6 Å². The monoisotopic (exact) mass is 595 g/mol. The van der Waals surface area contributed by atoms with Crippen LogP contribution in [0.2, 0.25) is 0 Å². The highest BCUT2D eigenvalue weighted by Gasteiger charge is 2.53. The summed E-state index contributed by atoms with van der Waals surface area (Å²) in [5.41, 5.74) is 2.07. The first-order valence-electron chi connectivity index (χ1n) is 11.2. The molecule has 2 saturated heterocycles. The maximum Gasteiger partial charge on any atom is 0.251 e. The summed E-state index contributed by atoms with van der Waals surface area (Å²) in [7, 11) is 0. The van der Waals surface area contributed by atoms with Gasteiger partial charge in [0.1, 0.15) is 24.8 Å². The zero-order valence-corrected chi connectivity index (χ0v) is 24.4. The number of alkyl halides is 1. The molecule has 5 rings (SSSR count). The highest BCUT2D eigenvalue weighted by Crippen LogP contribution is 2.34. The van der Waals surface area contributed by atoms with Crippen LogP contribution in [0.1, 0.15) is 48.0 Å². The number of amides is 3. The average Bonchev–Trinajstić information content (AvgIpc) is 3.51. The number of halogens is 1. The molecule has 3 aliphatic heterocycles. The van der Waals surface area contributed by atoms with Crippen LogP contribution in [-0.2, 0) is 25.5 Å². The Hall–Kier alpha value is -1.05. The number of carbonyl (C=O) groups excluding carboxylic acids is 4. The topological polar surface area (TPSA) is 105 Å². The molecular weight excluding hydrogens is 562 g/mol. The quantitative estimate of drug-likeness (QED) is 0.519. The minimum atomic E-state index is -0.711. The van der Waals surface area contributed by atoms with Gasteiger partial charge in [-0.1, -0.05) is 12.8 Å². The third-order valence-electron chi connectivity index (χ3n) is 7.09. The number of ketones is 1. The van der Waals surface area contributed by atoms with Crippen LogP contribution in [0.25, 0.3) is 0 Å². The molecular formula is C23H34ClN3O5S4. The second-order valence-electron chi connectivity index (χ2n) is 9.11. The maximum absolute atomic E-state index is 13.6. The molecule has 1 saturated carbocycles. The lowest BCUT2D eigenvalue weighted by Crippen LogP contribution is -2.54. The molecule has 4 atom stereocenters. The van der Waals surface area contributed by atoms with Crippen LogP contribution in [0.5, 0.6) is 0 Å². The molecule has 8 nitrogen and oxygen atoms in total. The van der Waals surface area contributed by atoms with Crippen molar-refractivity contribution in [3.05, 3.63) is 29.3 Å². The van der Waals surface area contributed by atoms with E-state index in [2.05, 4.69) is 10.6 Å². The Morgan fingerprint density at radius 2 is 1.78 bits per heavy atom. The van der Waals surface area contributed by atoms with E-state index in [1.54, 1.807) is 18.2 Å². The van der Waals surface area contributed by atoms with Gasteiger partial charge in [0.25, 0.3) is 5.91 Å². The van der Waals surface area contributed by atoms with Crippen LogP contribution in [-0.4, -0.2) is 65.1 Å². The number of likely N-dealkylation sites (tertiary alicyclic amines) is 1. The zero-order chi connectivity index (χ0) is 22.4. The Balaban J connectivity index is 0.00000162. The van der Waals surface area contributed by atoms with Crippen LogP contribution < -0.4 is 10.6 Å². The standard InChI is InChI=1S/C23H26ClN3O5.4H2S/c24-15-10-27(20-17(28)11-32-21(15)20)23(31)19(12-3-1-2-4-12)26-22(30)14-5-7-16-13(9-14)6-8-18(29)25-16;;;;/h5,7,9,12,15,19-21H,1-4,6,8,10-11H2,(H,25,29)(H,26,30);4*1H2/t15-,19-,20+,21+;;;;/m0..../s1. The Labute approximate surface area is 243 Å². The summed E-state index contributed by atoms with van der Waals surface area (Å²) >= 11 is 6.37. The van der Waals surface area contributed by atoms with Crippen molar-refractivity contribution < 1.29 is 23.9 Å². The highest BCUT2D eigenvalue weighted by atomic mass is 35.5. The smallest absolute Gasteiger partial charge is 0.251 e. The van der Waals surface area contributed by atoms with Gasteiger partial charge in [-0.3, -0.25) is 19.2 Å². The van der Waals surface area contributed by atoms with Crippen molar-refractivity contribution >= 4 is 94.8 Å². The highest BCUT2D eigenvalue weighted by molar-refractivity contribution is 7.59. The molecule has 2 N–H and O–H groups in total. The van der Waals surface area contributed by atoms with Crippen molar-refractivity contribution in [2.75, 3.05) is 18.5 Å². The summed E-state index contributed by atoms with van der Waals surface area (Å²) < 4.78 is 5.51. The van der Waals surface area contributed by atoms with Crippen molar-refractivity contribution in [1.82, 2.24) is 10.2 Å². The lowest BCUT2D eigenvalue weighted by Gasteiger charge is -2.30. The van der Waals surface area contributed by atoms with Gasteiger partial charge >= 0.3 is 0 Å². The van der Waals surface area contributed by atoms with E-state index in [0.29, 0.717) is 18.4 Å². The van der Waals surface area contributed by atoms with Gasteiger partial charge in [-0.2, -0.15) is 54.0 Å². The molecule has 3 heterocycles. The first-order chi connectivity index (χ1) is 15.4. The molecule has 4 aliphatic rings. The summed E-state index contributed by atoms with van der Waals surface area (Å²) in [6.45, 7) is 0.202. The first kappa shape index (κ1) is 33.0. The van der Waals surface area contributed by atoms with Crippen molar-refractivity contribution in [2.45, 2.75) is 62.1 Å². The van der Waals surface area contributed by atoms with E-state index in [4.69, 9.17) is 16.3 Å². The number of hydrogen-bond donors (Lipinski definition) is 2. The van der Waals surface area contributed by atoms with Crippen molar-refractivity contribution in [2.24, 2.45) is 5.92 Å². The molecule has 202 valence electrons. The lowest BCUT2D eigenvalue weighted by molar-refractivity contribution is -0.139. The van der Waals surface area contributed by atoms with E-state index in [1.165, 1.54) is 4.90 Å². The van der Waals surface area contributed by atoms with Gasteiger partial charge in [0.2, 0.25) is 11.8 Å². The number of fused-ring (bicyclic) bond motifs is 2. The van der Waals surface area contributed by atoms with Crippen LogP contribution >= 0.6 is 65.6 Å². The normalized spacial score (nSPS) is 25.1. The minimum absolute atomic E-state index is 0. The number of ether oxygens (including phenoxy) is 1. The number of carbonyl (C=O) groups is 4. The molecule has 1 aromatic rings. The third-order valence-corrected chi connectivity index (χ3v) is 7.48. The molecule has 36 heavy (non-hydrogen) atoms. The maximum atomic E-state index is 13.6. The van der Waals surface area contributed by atoms with Crippen molar-refractivity contribution in [1.29, 1.82) is 0 Å². The third kappa shape index (κ3) is 6.32. The predicted molar refractivity (Wildman–Crippen MR) is 158 cm³/mol. The van der Waals surface area contributed by atoms with E-state index >= 15 is 0 Å². The SMILES string of the molecule is O=C1CCc2cc(C(=O)N[C@H](C(=O)N3C[C@H](Cl)[C@H]4OCC(=O)[C@H]43)C3CCCC3)ccc2N1.S.S.S.S. The Morgan fingerprint density at radius 1 is 1.08 bits per heavy atom. The second kappa shape index (κ2) is 13.7. The van der Waals surface area contributed by atoms with Crippen molar-refractivity contribution in [3.8, 4) is 0 Å². The van der Waals surface area contributed by atoms with E-state index in [1.807, 2.05) is 0 Å². The fraction of sp³-hybridized carbons (Fsp3) is 0.565. The van der Waals surface area contributed by atoms with Crippen LogP contribution in [0, 0.1) is 5.92 Å². The summed E-state index contributed by atoms with van der Waals surface area (Å²) in [5.74, 6) is -0.739. The van der Waals surface area contributed by atoms with E-state index in [-0.39, 0.29) is 96.6 Å². The summed E-state index contributed by atoms with van der Waals surface area (Å²) in [5, 5.41) is 5.33. The summed E-state index contributed by atoms with van der Waals surface area (Å²) in [4.78, 5) is 52.2. The predicted octanol–water partition coefficient (Wildman–Crippen LogP) is 2.10. The van der Waals surface area contributed by atoms with E-state index in [9.17, 15) is 19.2 Å². The van der Waals surface area contributed by atoms with Gasteiger partial charge in [0.15, 0.2) is 5.78 Å². The summed E-state index contributed by atoms with van der Waals surface area (Å²) in [6, 6.07) is 3.78. The molecule has 13 heteroatoms. The number of aryl methyl sites for hydroxylation is 1. The van der Waals surface area contributed by atoms with E-state index < -0.39 is 23.6 Å². The van der Waals surface area contributed by atoms with Gasteiger partial charge < -0.3 is 20.3 Å². The molecule has 3 fully saturated rings. The van der Waals surface area contributed by atoms with Crippen LogP contribution in [0.4, 0.5) is 5.69 Å². The van der Waals surface area contributed by atoms with Crippen LogP contribution in [0.3, 0.4) is 0 Å². The molecule has 0 unspecified atom stereocenters. The molecule has 1 aliphatic carbocycles. The fourth-order valence-electron chi connectivity index (χ4n) is 5.42. The minimum Gasteiger partial charge on any atom is -0.366 e. The van der Waals surface area contributed by atoms with Crippen LogP contribution in [0.15, 0.2) is 18.2 Å². The first-order valence-corrected chi connectivity index (χ1v) is 11.7. The Bertz CT molecular complexity index is 994. The van der Waals surface area contributed by atoms with Gasteiger partial charge in [0.05, 0.1) is 5.38 Å². The zero-order valence-electron chi connectivity index (χ0n) is 19.6. The summed E-state index contributed by atoms with van der Waals surface area (Å²) in [6.07, 6.45) is 4.19. The Morgan fingerprint density at radius 3 is 2.47 bits per heavy atom. The molecule has 0 aromatic heterocycles. The number of hydrogen-bond acceptors (Lipinski definition) is 5. The van der Waals surface area contributed by atoms with Gasteiger partial charge in [-0.05, 0) is 48.9 Å². The lowest BCUT2D eigenvalue weighted by atomic mass is 9.95. The fourth-order valence-corrected chi connectivity index (χ4v) is 5.78. The molecule has 0 spiro atoms. The van der Waals surface area contributed by atoms with Gasteiger partial charge in [0, 0.05) is 24.2 Å². The number of benzene rings is 1. The molecule has 0 bridgehead atoms. The molecule has 1 aromatic carbocycles. The second-order valence-corrected chi connectivity index (χ2v) is 9.67. The molecule has 3 amide bonds. The van der Waals surface area contributed by atoms with E-state index in [0.717, 1.165) is 36.9 Å². The number of nitrogens with zero attached hydrogens (tertiary/aromatic N) is 1. The molecule has 0 radical (unpaired) electrons. The number of anilines is 1. The largest absolute Gasteiger partial charge is 0.366 e. The van der Waals surface area contributed by atoms with Crippen molar-refractivity contribution in [3.63, 3.8) is 0 Å². The Kier molecular flexibility index (Phi) is 12.5. The number of nitrogens with one attached hydrogen (secondary N) is 2. The number of rotatable bonds is 4.